The molecule has 1 aromatic rings. The van der Waals surface area contributed by atoms with Gasteiger partial charge >= 0.3 is 0 Å². The number of benzene rings is 1. The summed E-state index contributed by atoms with van der Waals surface area (Å²) in [5, 5.41) is 3.69. The molecule has 0 saturated heterocycles. The highest BCUT2D eigenvalue weighted by molar-refractivity contribution is 5.24. The number of rotatable bonds is 8. The van der Waals surface area contributed by atoms with E-state index in [2.05, 4.69) is 64.2 Å². The van der Waals surface area contributed by atoms with Crippen LogP contribution in [0.15, 0.2) is 24.3 Å². The molecule has 2 unspecified atom stereocenters. The van der Waals surface area contributed by atoms with E-state index in [-0.39, 0.29) is 0 Å². The zero-order valence-electron chi connectivity index (χ0n) is 13.4. The van der Waals surface area contributed by atoms with Crippen LogP contribution in [0.25, 0.3) is 0 Å². The Hall–Kier alpha value is -0.820. The van der Waals surface area contributed by atoms with Gasteiger partial charge in [0.2, 0.25) is 0 Å². The first kappa shape index (κ1) is 16.2. The number of hydrogen-bond donors (Lipinski definition) is 1. The van der Waals surface area contributed by atoms with E-state index in [1.54, 1.807) is 0 Å². The van der Waals surface area contributed by atoms with Gasteiger partial charge in [-0.25, -0.2) is 0 Å². The van der Waals surface area contributed by atoms with Gasteiger partial charge in [-0.15, -0.1) is 0 Å². The van der Waals surface area contributed by atoms with Crippen molar-refractivity contribution in [2.24, 2.45) is 5.92 Å². The quantitative estimate of drug-likeness (QED) is 0.685. The van der Waals surface area contributed by atoms with Crippen LogP contribution in [0.3, 0.4) is 0 Å². The molecular weight excluding hydrogens is 230 g/mol. The van der Waals surface area contributed by atoms with Gasteiger partial charge in [0.05, 0.1) is 0 Å². The molecule has 1 nitrogen and oxygen atoms in total. The molecule has 0 radical (unpaired) electrons. The monoisotopic (exact) mass is 261 g/mol. The molecule has 1 N–H and O–H groups in total. The summed E-state index contributed by atoms with van der Waals surface area (Å²) in [5.74, 6) is 0.756. The van der Waals surface area contributed by atoms with Gasteiger partial charge in [-0.05, 0) is 50.2 Å². The van der Waals surface area contributed by atoms with Crippen LogP contribution in [0.1, 0.15) is 71.0 Å². The number of aryl methyl sites for hydroxylation is 1. The lowest BCUT2D eigenvalue weighted by Crippen LogP contribution is -2.30. The Kier molecular flexibility index (Phi) is 7.15. The fourth-order valence-electron chi connectivity index (χ4n) is 2.65. The SMILES string of the molecule is CCCCc1ccc(C(C)NC(C)CC(C)C)cc1. The second kappa shape index (κ2) is 8.37. The smallest absolute Gasteiger partial charge is 0.0294 e. The summed E-state index contributed by atoms with van der Waals surface area (Å²) in [4.78, 5) is 0. The zero-order chi connectivity index (χ0) is 14.3. The van der Waals surface area contributed by atoms with Crippen molar-refractivity contribution in [2.45, 2.75) is 72.4 Å². The maximum atomic E-state index is 3.69. The normalized spacial score (nSPS) is 14.6. The van der Waals surface area contributed by atoms with Crippen molar-refractivity contribution in [1.29, 1.82) is 0 Å². The summed E-state index contributed by atoms with van der Waals surface area (Å²) in [6.45, 7) is 11.4. The molecule has 0 fully saturated rings. The Bertz CT molecular complexity index is 339. The lowest BCUT2D eigenvalue weighted by atomic mass is 10.0. The van der Waals surface area contributed by atoms with Crippen molar-refractivity contribution < 1.29 is 0 Å². The van der Waals surface area contributed by atoms with Crippen LogP contribution < -0.4 is 5.32 Å². The molecule has 0 saturated carbocycles. The van der Waals surface area contributed by atoms with Crippen molar-refractivity contribution in [3.8, 4) is 0 Å². The lowest BCUT2D eigenvalue weighted by Gasteiger charge is -2.22. The molecule has 0 amide bonds. The molecule has 1 rings (SSSR count). The highest BCUT2D eigenvalue weighted by Crippen LogP contribution is 2.16. The van der Waals surface area contributed by atoms with Crippen molar-refractivity contribution in [1.82, 2.24) is 5.32 Å². The van der Waals surface area contributed by atoms with E-state index in [9.17, 15) is 0 Å². The Balaban J connectivity index is 2.50. The van der Waals surface area contributed by atoms with Gasteiger partial charge in [-0.3, -0.25) is 0 Å². The summed E-state index contributed by atoms with van der Waals surface area (Å²) in [6.07, 6.45) is 5.01. The molecule has 1 aromatic carbocycles. The van der Waals surface area contributed by atoms with E-state index >= 15 is 0 Å². The highest BCUT2D eigenvalue weighted by atomic mass is 14.9. The Morgan fingerprint density at radius 3 is 2.16 bits per heavy atom. The molecule has 0 spiro atoms. The van der Waals surface area contributed by atoms with E-state index < -0.39 is 0 Å². The molecule has 0 bridgehead atoms. The minimum atomic E-state index is 0.439. The fraction of sp³-hybridized carbons (Fsp3) is 0.667. The third-order valence-electron chi connectivity index (χ3n) is 3.66. The van der Waals surface area contributed by atoms with Gasteiger partial charge in [-0.1, -0.05) is 51.5 Å². The molecule has 0 aliphatic carbocycles. The number of nitrogens with one attached hydrogen (secondary N) is 1. The van der Waals surface area contributed by atoms with Crippen LogP contribution in [0, 0.1) is 5.92 Å². The predicted molar refractivity (Wildman–Crippen MR) is 85.5 cm³/mol. The maximum Gasteiger partial charge on any atom is 0.0294 e. The highest BCUT2D eigenvalue weighted by Gasteiger charge is 2.10. The first-order chi connectivity index (χ1) is 9.02. The minimum Gasteiger partial charge on any atom is -0.308 e. The first-order valence-corrected chi connectivity index (χ1v) is 7.87. The molecule has 19 heavy (non-hydrogen) atoms. The molecule has 0 aromatic heterocycles. The van der Waals surface area contributed by atoms with E-state index in [1.807, 2.05) is 0 Å². The van der Waals surface area contributed by atoms with Crippen molar-refractivity contribution in [3.05, 3.63) is 35.4 Å². The van der Waals surface area contributed by atoms with Crippen LogP contribution in [0.5, 0.6) is 0 Å². The second-order valence-corrected chi connectivity index (χ2v) is 6.26. The third-order valence-corrected chi connectivity index (χ3v) is 3.66. The number of unbranched alkanes of at least 4 members (excludes halogenated alkanes) is 1. The van der Waals surface area contributed by atoms with Gasteiger partial charge < -0.3 is 5.32 Å². The van der Waals surface area contributed by atoms with Crippen LogP contribution in [-0.4, -0.2) is 6.04 Å². The molecule has 108 valence electrons. The average Bonchev–Trinajstić information content (AvgIpc) is 2.35. The lowest BCUT2D eigenvalue weighted by molar-refractivity contribution is 0.407. The molecule has 1 heteroatoms. The minimum absolute atomic E-state index is 0.439. The maximum absolute atomic E-state index is 3.69. The fourth-order valence-corrected chi connectivity index (χ4v) is 2.65. The van der Waals surface area contributed by atoms with Gasteiger partial charge in [0.25, 0.3) is 0 Å². The van der Waals surface area contributed by atoms with Gasteiger partial charge in [0, 0.05) is 12.1 Å². The van der Waals surface area contributed by atoms with Crippen LogP contribution in [0.2, 0.25) is 0 Å². The second-order valence-electron chi connectivity index (χ2n) is 6.26. The summed E-state index contributed by atoms with van der Waals surface area (Å²) >= 11 is 0. The summed E-state index contributed by atoms with van der Waals surface area (Å²) < 4.78 is 0. The predicted octanol–water partition coefficient (Wildman–Crippen LogP) is 5.11. The Morgan fingerprint density at radius 1 is 1.00 bits per heavy atom. The van der Waals surface area contributed by atoms with Crippen LogP contribution in [-0.2, 0) is 6.42 Å². The first-order valence-electron chi connectivity index (χ1n) is 7.87. The Morgan fingerprint density at radius 2 is 1.63 bits per heavy atom. The van der Waals surface area contributed by atoms with Gasteiger partial charge in [-0.2, -0.15) is 0 Å². The molecule has 0 aliphatic rings. The average molecular weight is 261 g/mol. The van der Waals surface area contributed by atoms with E-state index in [0.29, 0.717) is 12.1 Å². The summed E-state index contributed by atoms with van der Waals surface area (Å²) in [5.41, 5.74) is 2.86. The molecule has 0 heterocycles. The molecular formula is C18H31N. The van der Waals surface area contributed by atoms with E-state index in [0.717, 1.165) is 5.92 Å². The van der Waals surface area contributed by atoms with Crippen molar-refractivity contribution in [2.75, 3.05) is 0 Å². The summed E-state index contributed by atoms with van der Waals surface area (Å²) in [6, 6.07) is 10.2. The summed E-state index contributed by atoms with van der Waals surface area (Å²) in [7, 11) is 0. The van der Waals surface area contributed by atoms with Gasteiger partial charge in [0.15, 0.2) is 0 Å². The van der Waals surface area contributed by atoms with Crippen LogP contribution in [0.4, 0.5) is 0 Å². The van der Waals surface area contributed by atoms with E-state index in [4.69, 9.17) is 0 Å². The molecule has 0 aliphatic heterocycles. The zero-order valence-corrected chi connectivity index (χ0v) is 13.4. The molecule has 2 atom stereocenters. The largest absolute Gasteiger partial charge is 0.308 e. The Labute approximate surface area is 119 Å². The standard InChI is InChI=1S/C18H31N/c1-6-7-8-17-9-11-18(12-10-17)16(5)19-15(4)13-14(2)3/h9-12,14-16,19H,6-8,13H2,1-5H3. The van der Waals surface area contributed by atoms with Crippen LogP contribution >= 0.6 is 0 Å². The van der Waals surface area contributed by atoms with E-state index in [1.165, 1.54) is 36.8 Å². The van der Waals surface area contributed by atoms with Crippen molar-refractivity contribution in [3.63, 3.8) is 0 Å². The number of hydrogen-bond acceptors (Lipinski definition) is 1. The third kappa shape index (κ3) is 6.24. The topological polar surface area (TPSA) is 12.0 Å². The van der Waals surface area contributed by atoms with Crippen molar-refractivity contribution >= 4 is 0 Å². The van der Waals surface area contributed by atoms with Gasteiger partial charge in [0.1, 0.15) is 0 Å².